The van der Waals surface area contributed by atoms with Gasteiger partial charge < -0.3 is 14.4 Å². The van der Waals surface area contributed by atoms with Crippen molar-refractivity contribution in [1.82, 2.24) is 14.9 Å². The van der Waals surface area contributed by atoms with Gasteiger partial charge in [0.15, 0.2) is 5.82 Å². The lowest BCUT2D eigenvalue weighted by Crippen LogP contribution is -2.48. The molecule has 0 saturated carbocycles. The molecule has 2 fully saturated rings. The molecule has 6 heteroatoms. The van der Waals surface area contributed by atoms with E-state index in [1.807, 2.05) is 6.20 Å². The van der Waals surface area contributed by atoms with Crippen LogP contribution in [0, 0.1) is 11.8 Å². The van der Waals surface area contributed by atoms with Crippen LogP contribution in [0.15, 0.2) is 12.4 Å². The molecule has 134 valence electrons. The highest BCUT2D eigenvalue weighted by atomic mass is 16.5. The number of aromatic nitrogens is 2. The summed E-state index contributed by atoms with van der Waals surface area (Å²) < 4.78 is 11.2. The number of rotatable bonds is 6. The Morgan fingerprint density at radius 1 is 1.17 bits per heavy atom. The van der Waals surface area contributed by atoms with Crippen LogP contribution in [0.3, 0.4) is 0 Å². The first kappa shape index (κ1) is 17.4. The summed E-state index contributed by atoms with van der Waals surface area (Å²) in [5.41, 5.74) is 0. The van der Waals surface area contributed by atoms with Gasteiger partial charge in [0.05, 0.1) is 19.0 Å². The summed E-state index contributed by atoms with van der Waals surface area (Å²) in [5, 5.41) is 0. The van der Waals surface area contributed by atoms with Gasteiger partial charge >= 0.3 is 0 Å². The predicted molar refractivity (Wildman–Crippen MR) is 94.6 cm³/mol. The molecule has 6 nitrogen and oxygen atoms in total. The fourth-order valence-corrected chi connectivity index (χ4v) is 3.27. The van der Waals surface area contributed by atoms with Crippen molar-refractivity contribution >= 4 is 5.82 Å². The van der Waals surface area contributed by atoms with Gasteiger partial charge in [-0.25, -0.2) is 0 Å². The van der Waals surface area contributed by atoms with E-state index in [2.05, 4.69) is 33.6 Å². The molecule has 1 aromatic heterocycles. The topological polar surface area (TPSA) is 50.7 Å². The van der Waals surface area contributed by atoms with E-state index in [0.717, 1.165) is 51.1 Å². The first-order valence-electron chi connectivity index (χ1n) is 9.20. The SMILES string of the molecule is CC(C)COc1cncc(N2CCN(CC3CCOCC3)CC2)n1. The molecule has 2 aliphatic heterocycles. The first-order chi connectivity index (χ1) is 11.7. The summed E-state index contributed by atoms with van der Waals surface area (Å²) in [6.07, 6.45) is 5.96. The fraction of sp³-hybridized carbons (Fsp3) is 0.778. The largest absolute Gasteiger partial charge is 0.476 e. The van der Waals surface area contributed by atoms with Crippen LogP contribution in [0.25, 0.3) is 0 Å². The molecule has 0 atom stereocenters. The third-order valence-corrected chi connectivity index (χ3v) is 4.72. The van der Waals surface area contributed by atoms with Crippen LogP contribution in [0.2, 0.25) is 0 Å². The summed E-state index contributed by atoms with van der Waals surface area (Å²) in [6.45, 7) is 12.2. The first-order valence-corrected chi connectivity index (χ1v) is 9.20. The zero-order valence-electron chi connectivity index (χ0n) is 15.0. The van der Waals surface area contributed by atoms with E-state index in [4.69, 9.17) is 9.47 Å². The molecule has 0 aromatic carbocycles. The smallest absolute Gasteiger partial charge is 0.234 e. The highest BCUT2D eigenvalue weighted by Gasteiger charge is 2.22. The van der Waals surface area contributed by atoms with Crippen LogP contribution in [-0.4, -0.2) is 67.4 Å². The van der Waals surface area contributed by atoms with Gasteiger partial charge in [-0.05, 0) is 24.7 Å². The monoisotopic (exact) mass is 334 g/mol. The Balaban J connectivity index is 1.48. The molecule has 0 bridgehead atoms. The summed E-state index contributed by atoms with van der Waals surface area (Å²) in [6, 6.07) is 0. The number of nitrogens with zero attached hydrogens (tertiary/aromatic N) is 4. The molecular formula is C18H30N4O2. The van der Waals surface area contributed by atoms with Gasteiger partial charge in [0.2, 0.25) is 5.88 Å². The zero-order chi connectivity index (χ0) is 16.8. The van der Waals surface area contributed by atoms with E-state index in [-0.39, 0.29) is 0 Å². The Bertz CT molecular complexity index is 498. The molecule has 1 aromatic rings. The minimum absolute atomic E-state index is 0.490. The van der Waals surface area contributed by atoms with Crippen LogP contribution >= 0.6 is 0 Å². The van der Waals surface area contributed by atoms with Crippen molar-refractivity contribution in [2.75, 3.05) is 57.4 Å². The molecule has 3 rings (SSSR count). The Morgan fingerprint density at radius 2 is 1.92 bits per heavy atom. The van der Waals surface area contributed by atoms with Gasteiger partial charge in [0.25, 0.3) is 0 Å². The van der Waals surface area contributed by atoms with E-state index in [0.29, 0.717) is 18.4 Å². The Labute approximate surface area is 145 Å². The molecule has 0 spiro atoms. The molecule has 0 unspecified atom stereocenters. The molecule has 0 radical (unpaired) electrons. The third kappa shape index (κ3) is 5.05. The van der Waals surface area contributed by atoms with E-state index >= 15 is 0 Å². The van der Waals surface area contributed by atoms with Crippen LogP contribution in [0.1, 0.15) is 26.7 Å². The van der Waals surface area contributed by atoms with Crippen molar-refractivity contribution in [3.63, 3.8) is 0 Å². The van der Waals surface area contributed by atoms with E-state index in [1.165, 1.54) is 19.4 Å². The quantitative estimate of drug-likeness (QED) is 0.794. The van der Waals surface area contributed by atoms with E-state index in [9.17, 15) is 0 Å². The van der Waals surface area contributed by atoms with Gasteiger partial charge in [-0.1, -0.05) is 13.8 Å². The van der Waals surface area contributed by atoms with Crippen LogP contribution in [0.5, 0.6) is 5.88 Å². The van der Waals surface area contributed by atoms with E-state index in [1.54, 1.807) is 6.20 Å². The number of hydrogen-bond donors (Lipinski definition) is 0. The van der Waals surface area contributed by atoms with Crippen molar-refractivity contribution in [3.8, 4) is 5.88 Å². The van der Waals surface area contributed by atoms with E-state index < -0.39 is 0 Å². The average molecular weight is 334 g/mol. The molecule has 2 saturated heterocycles. The Hall–Kier alpha value is -1.40. The van der Waals surface area contributed by atoms with Crippen LogP contribution in [-0.2, 0) is 4.74 Å². The second-order valence-electron chi connectivity index (χ2n) is 7.26. The zero-order valence-corrected chi connectivity index (χ0v) is 15.0. The lowest BCUT2D eigenvalue weighted by atomic mass is 9.99. The van der Waals surface area contributed by atoms with Gasteiger partial charge in [0, 0.05) is 45.9 Å². The predicted octanol–water partition coefficient (Wildman–Crippen LogP) is 2.06. The third-order valence-electron chi connectivity index (χ3n) is 4.72. The minimum Gasteiger partial charge on any atom is -0.476 e. The normalized spacial score (nSPS) is 20.5. The van der Waals surface area contributed by atoms with Crippen LogP contribution in [0.4, 0.5) is 5.82 Å². The second-order valence-corrected chi connectivity index (χ2v) is 7.26. The lowest BCUT2D eigenvalue weighted by molar-refractivity contribution is 0.0517. The van der Waals surface area contributed by atoms with Gasteiger partial charge in [-0.15, -0.1) is 0 Å². The molecule has 0 amide bonds. The van der Waals surface area contributed by atoms with Gasteiger partial charge in [-0.3, -0.25) is 9.88 Å². The van der Waals surface area contributed by atoms with Gasteiger partial charge in [-0.2, -0.15) is 4.98 Å². The highest BCUT2D eigenvalue weighted by Crippen LogP contribution is 2.19. The minimum atomic E-state index is 0.490. The van der Waals surface area contributed by atoms with Crippen LogP contribution < -0.4 is 9.64 Å². The maximum absolute atomic E-state index is 5.70. The van der Waals surface area contributed by atoms with Crippen molar-refractivity contribution in [1.29, 1.82) is 0 Å². The van der Waals surface area contributed by atoms with Gasteiger partial charge in [0.1, 0.15) is 0 Å². The molecule has 0 aliphatic carbocycles. The average Bonchev–Trinajstić information content (AvgIpc) is 2.62. The molecule has 2 aliphatic rings. The number of piperazine rings is 1. The molecule has 0 N–H and O–H groups in total. The summed E-state index contributed by atoms with van der Waals surface area (Å²) in [7, 11) is 0. The molecular weight excluding hydrogens is 304 g/mol. The van der Waals surface area contributed by atoms with Crippen molar-refractivity contribution in [3.05, 3.63) is 12.4 Å². The summed E-state index contributed by atoms with van der Waals surface area (Å²) in [5.74, 6) is 2.86. The van der Waals surface area contributed by atoms with Crippen molar-refractivity contribution < 1.29 is 9.47 Å². The summed E-state index contributed by atoms with van der Waals surface area (Å²) in [4.78, 5) is 13.8. The van der Waals surface area contributed by atoms with Crippen molar-refractivity contribution in [2.24, 2.45) is 11.8 Å². The second kappa shape index (κ2) is 8.62. The fourth-order valence-electron chi connectivity index (χ4n) is 3.27. The highest BCUT2D eigenvalue weighted by molar-refractivity contribution is 5.38. The maximum atomic E-state index is 5.70. The maximum Gasteiger partial charge on any atom is 0.234 e. The summed E-state index contributed by atoms with van der Waals surface area (Å²) >= 11 is 0. The Morgan fingerprint density at radius 3 is 2.62 bits per heavy atom. The lowest BCUT2D eigenvalue weighted by Gasteiger charge is -2.37. The van der Waals surface area contributed by atoms with Crippen molar-refractivity contribution in [2.45, 2.75) is 26.7 Å². The standard InChI is InChI=1S/C18H30N4O2/c1-15(2)14-24-18-12-19-11-17(20-18)22-7-5-21(6-8-22)13-16-3-9-23-10-4-16/h11-12,15-16H,3-10,13-14H2,1-2H3. The number of anilines is 1. The number of hydrogen-bond acceptors (Lipinski definition) is 6. The number of ether oxygens (including phenoxy) is 2. The molecule has 3 heterocycles. The Kier molecular flexibility index (Phi) is 6.26. The molecule has 24 heavy (non-hydrogen) atoms.